The van der Waals surface area contributed by atoms with Gasteiger partial charge in [-0.1, -0.05) is 18.2 Å². The lowest BCUT2D eigenvalue weighted by Gasteiger charge is -2.12. The van der Waals surface area contributed by atoms with Crippen LogP contribution >= 0.6 is 0 Å². The Balaban J connectivity index is 1.79. The van der Waals surface area contributed by atoms with Gasteiger partial charge < -0.3 is 24.8 Å². The van der Waals surface area contributed by atoms with Crippen molar-refractivity contribution in [3.8, 4) is 17.2 Å². The number of nitrogens with one attached hydrogen (secondary N) is 2. The number of carbonyl (C=O) groups excluding carboxylic acids is 1. The monoisotopic (exact) mass is 344 g/mol. The summed E-state index contributed by atoms with van der Waals surface area (Å²) in [7, 11) is 4.81. The topological polar surface area (TPSA) is 68.8 Å². The van der Waals surface area contributed by atoms with Gasteiger partial charge in [-0.25, -0.2) is 0 Å². The van der Waals surface area contributed by atoms with Crippen LogP contribution in [0.2, 0.25) is 0 Å². The van der Waals surface area contributed by atoms with Gasteiger partial charge in [0.25, 0.3) is 0 Å². The highest BCUT2D eigenvalue weighted by Gasteiger charge is 2.06. The molecule has 1 amide bonds. The summed E-state index contributed by atoms with van der Waals surface area (Å²) in [5.74, 6) is 2.01. The number of methoxy groups -OCH3 is 3. The zero-order chi connectivity index (χ0) is 18.1. The van der Waals surface area contributed by atoms with E-state index in [1.165, 1.54) is 0 Å². The van der Waals surface area contributed by atoms with Gasteiger partial charge in [0, 0.05) is 6.54 Å². The number of hydrogen-bond acceptors (Lipinski definition) is 5. The van der Waals surface area contributed by atoms with E-state index in [0.717, 1.165) is 11.3 Å². The predicted octanol–water partition coefficient (Wildman–Crippen LogP) is 2.48. The van der Waals surface area contributed by atoms with Crippen LogP contribution in [0.15, 0.2) is 42.5 Å². The van der Waals surface area contributed by atoms with Crippen LogP contribution in [0.5, 0.6) is 17.2 Å². The summed E-state index contributed by atoms with van der Waals surface area (Å²) in [6, 6.07) is 13.2. The second kappa shape index (κ2) is 9.42. The predicted molar refractivity (Wildman–Crippen MR) is 97.7 cm³/mol. The Hall–Kier alpha value is -2.89. The van der Waals surface area contributed by atoms with Crippen LogP contribution in [0, 0.1) is 0 Å². The summed E-state index contributed by atoms with van der Waals surface area (Å²) in [4.78, 5) is 12.0. The van der Waals surface area contributed by atoms with E-state index in [9.17, 15) is 4.79 Å². The molecule has 0 aliphatic rings. The molecule has 2 rings (SSSR count). The number of amides is 1. The summed E-state index contributed by atoms with van der Waals surface area (Å²) in [5.41, 5.74) is 1.86. The molecule has 2 N–H and O–H groups in total. The number of rotatable bonds is 9. The van der Waals surface area contributed by atoms with Crippen LogP contribution in [0.4, 0.5) is 5.69 Å². The minimum Gasteiger partial charge on any atom is -0.495 e. The number of benzene rings is 2. The van der Waals surface area contributed by atoms with Crippen LogP contribution < -0.4 is 24.8 Å². The van der Waals surface area contributed by atoms with Crippen LogP contribution in [0.1, 0.15) is 5.56 Å². The van der Waals surface area contributed by atoms with E-state index in [-0.39, 0.29) is 12.5 Å². The first-order valence-electron chi connectivity index (χ1n) is 8.02. The first-order chi connectivity index (χ1) is 12.2. The highest BCUT2D eigenvalue weighted by atomic mass is 16.5. The van der Waals surface area contributed by atoms with E-state index in [1.54, 1.807) is 21.3 Å². The lowest BCUT2D eigenvalue weighted by Crippen LogP contribution is -2.31. The molecule has 6 nitrogen and oxygen atoms in total. The summed E-state index contributed by atoms with van der Waals surface area (Å²) in [6.45, 7) is 0.730. The number of hydrogen-bond donors (Lipinski definition) is 2. The summed E-state index contributed by atoms with van der Waals surface area (Å²) < 4.78 is 15.7. The van der Waals surface area contributed by atoms with Gasteiger partial charge in [0.1, 0.15) is 5.75 Å². The van der Waals surface area contributed by atoms with Gasteiger partial charge in [-0.2, -0.15) is 0 Å². The van der Waals surface area contributed by atoms with Crippen LogP contribution in [-0.4, -0.2) is 40.3 Å². The largest absolute Gasteiger partial charge is 0.495 e. The number of para-hydroxylation sites is 2. The Morgan fingerprint density at radius 1 is 0.920 bits per heavy atom. The summed E-state index contributed by atoms with van der Waals surface area (Å²) >= 11 is 0. The average Bonchev–Trinajstić information content (AvgIpc) is 2.66. The Morgan fingerprint density at radius 2 is 1.64 bits per heavy atom. The molecule has 0 aliphatic heterocycles. The van der Waals surface area contributed by atoms with Crippen LogP contribution in [0.3, 0.4) is 0 Å². The van der Waals surface area contributed by atoms with Crippen molar-refractivity contribution >= 4 is 11.6 Å². The molecule has 6 heteroatoms. The average molecular weight is 344 g/mol. The van der Waals surface area contributed by atoms with E-state index >= 15 is 0 Å². The van der Waals surface area contributed by atoms with Crippen molar-refractivity contribution in [2.24, 2.45) is 0 Å². The standard InChI is InChI=1S/C19H24N2O4/c1-23-16-7-5-4-6-15(16)21-13-19(22)20-11-10-14-8-9-17(24-2)18(12-14)25-3/h4-9,12,21H,10-11,13H2,1-3H3,(H,20,22). The van der Waals surface area contributed by atoms with E-state index in [2.05, 4.69) is 10.6 Å². The quantitative estimate of drug-likeness (QED) is 0.731. The molecule has 0 radical (unpaired) electrons. The third-order valence-electron chi connectivity index (χ3n) is 3.73. The van der Waals surface area contributed by atoms with Gasteiger partial charge in [-0.05, 0) is 36.2 Å². The molecule has 2 aromatic rings. The number of carbonyl (C=O) groups is 1. The van der Waals surface area contributed by atoms with Gasteiger partial charge in [-0.3, -0.25) is 4.79 Å². The molecule has 0 bridgehead atoms. The van der Waals surface area contributed by atoms with Gasteiger partial charge in [0.15, 0.2) is 11.5 Å². The maximum Gasteiger partial charge on any atom is 0.239 e. The third kappa shape index (κ3) is 5.31. The molecule has 0 heterocycles. The maximum absolute atomic E-state index is 12.0. The molecule has 2 aromatic carbocycles. The molecule has 0 saturated carbocycles. The maximum atomic E-state index is 12.0. The highest BCUT2D eigenvalue weighted by molar-refractivity contribution is 5.81. The van der Waals surface area contributed by atoms with E-state index in [0.29, 0.717) is 30.2 Å². The minimum absolute atomic E-state index is 0.0774. The highest BCUT2D eigenvalue weighted by Crippen LogP contribution is 2.27. The SMILES string of the molecule is COc1ccccc1NCC(=O)NCCc1ccc(OC)c(OC)c1. The molecular formula is C19H24N2O4. The summed E-state index contributed by atoms with van der Waals surface area (Å²) in [5, 5.41) is 5.96. The van der Waals surface area contributed by atoms with Crippen molar-refractivity contribution in [3.63, 3.8) is 0 Å². The molecule has 0 saturated heterocycles. The molecule has 0 atom stereocenters. The van der Waals surface area contributed by atoms with Crippen molar-refractivity contribution in [1.29, 1.82) is 0 Å². The Bertz CT molecular complexity index is 704. The van der Waals surface area contributed by atoms with E-state index < -0.39 is 0 Å². The van der Waals surface area contributed by atoms with Gasteiger partial charge in [0.2, 0.25) is 5.91 Å². The molecular weight excluding hydrogens is 320 g/mol. The first kappa shape index (κ1) is 18.4. The van der Waals surface area contributed by atoms with E-state index in [1.807, 2.05) is 42.5 Å². The van der Waals surface area contributed by atoms with Crippen molar-refractivity contribution < 1.29 is 19.0 Å². The van der Waals surface area contributed by atoms with Crippen molar-refractivity contribution in [2.75, 3.05) is 39.7 Å². The Morgan fingerprint density at radius 3 is 2.36 bits per heavy atom. The zero-order valence-corrected chi connectivity index (χ0v) is 14.8. The molecule has 0 aromatic heterocycles. The third-order valence-corrected chi connectivity index (χ3v) is 3.73. The fourth-order valence-corrected chi connectivity index (χ4v) is 2.41. The fraction of sp³-hybridized carbons (Fsp3) is 0.316. The number of anilines is 1. The van der Waals surface area contributed by atoms with Crippen LogP contribution in [0.25, 0.3) is 0 Å². The number of ether oxygens (including phenoxy) is 3. The smallest absolute Gasteiger partial charge is 0.239 e. The van der Waals surface area contributed by atoms with Gasteiger partial charge in [0.05, 0.1) is 33.6 Å². The molecule has 25 heavy (non-hydrogen) atoms. The second-order valence-corrected chi connectivity index (χ2v) is 5.34. The lowest BCUT2D eigenvalue weighted by atomic mass is 10.1. The van der Waals surface area contributed by atoms with Crippen molar-refractivity contribution in [3.05, 3.63) is 48.0 Å². The molecule has 134 valence electrons. The Labute approximate surface area is 148 Å². The fourth-order valence-electron chi connectivity index (χ4n) is 2.41. The first-order valence-corrected chi connectivity index (χ1v) is 8.02. The summed E-state index contributed by atoms with van der Waals surface area (Å²) in [6.07, 6.45) is 0.709. The molecule has 0 spiro atoms. The normalized spacial score (nSPS) is 10.0. The van der Waals surface area contributed by atoms with Crippen molar-refractivity contribution in [2.45, 2.75) is 6.42 Å². The minimum atomic E-state index is -0.0774. The van der Waals surface area contributed by atoms with Gasteiger partial charge >= 0.3 is 0 Å². The Kier molecular flexibility index (Phi) is 6.95. The molecule has 0 aliphatic carbocycles. The van der Waals surface area contributed by atoms with Crippen molar-refractivity contribution in [1.82, 2.24) is 5.32 Å². The van der Waals surface area contributed by atoms with Gasteiger partial charge in [-0.15, -0.1) is 0 Å². The lowest BCUT2D eigenvalue weighted by molar-refractivity contribution is -0.119. The molecule has 0 fully saturated rings. The van der Waals surface area contributed by atoms with Crippen LogP contribution in [-0.2, 0) is 11.2 Å². The zero-order valence-electron chi connectivity index (χ0n) is 14.8. The van der Waals surface area contributed by atoms with E-state index in [4.69, 9.17) is 14.2 Å². The second-order valence-electron chi connectivity index (χ2n) is 5.34. The molecule has 0 unspecified atom stereocenters.